The molecule has 0 spiro atoms. The van der Waals surface area contributed by atoms with Crippen molar-refractivity contribution in [3.05, 3.63) is 23.3 Å². The number of carbonyl (C=O) groups is 1. The molecular formula is C10H14O2. The van der Waals surface area contributed by atoms with Crippen molar-refractivity contribution >= 4 is 5.97 Å². The van der Waals surface area contributed by atoms with E-state index in [0.717, 1.165) is 31.3 Å². The Bertz CT molecular complexity index is 236. The topological polar surface area (TPSA) is 37.3 Å². The first-order chi connectivity index (χ1) is 5.75. The van der Waals surface area contributed by atoms with Crippen molar-refractivity contribution in [1.29, 1.82) is 0 Å². The van der Waals surface area contributed by atoms with E-state index in [1.807, 2.05) is 6.08 Å². The minimum absolute atomic E-state index is 0.517. The van der Waals surface area contributed by atoms with E-state index in [1.54, 1.807) is 6.08 Å². The molecule has 0 heterocycles. The van der Waals surface area contributed by atoms with Gasteiger partial charge in [-0.05, 0) is 19.3 Å². The Labute approximate surface area is 72.6 Å². The lowest BCUT2D eigenvalue weighted by Gasteiger charge is -2.11. The summed E-state index contributed by atoms with van der Waals surface area (Å²) < 4.78 is 0. The molecule has 0 bridgehead atoms. The van der Waals surface area contributed by atoms with Gasteiger partial charge in [0.05, 0.1) is 5.57 Å². The van der Waals surface area contributed by atoms with Gasteiger partial charge in [-0.2, -0.15) is 0 Å². The Kier molecular flexibility index (Phi) is 3.09. The molecule has 0 saturated heterocycles. The molecule has 0 aromatic carbocycles. The fourth-order valence-corrected chi connectivity index (χ4v) is 1.50. The van der Waals surface area contributed by atoms with E-state index in [9.17, 15) is 4.79 Å². The summed E-state index contributed by atoms with van der Waals surface area (Å²) in [5.74, 6) is -0.783. The molecule has 1 aliphatic carbocycles. The number of carboxylic acid groups (broad SMARTS) is 1. The van der Waals surface area contributed by atoms with Gasteiger partial charge in [-0.1, -0.05) is 31.1 Å². The van der Waals surface area contributed by atoms with Gasteiger partial charge in [0.1, 0.15) is 0 Å². The minimum Gasteiger partial charge on any atom is -0.478 e. The average molecular weight is 166 g/mol. The Morgan fingerprint density at radius 2 is 2.42 bits per heavy atom. The summed E-state index contributed by atoms with van der Waals surface area (Å²) in [7, 11) is 0. The summed E-state index contributed by atoms with van der Waals surface area (Å²) in [6.45, 7) is 2.07. The first kappa shape index (κ1) is 9.04. The van der Waals surface area contributed by atoms with Gasteiger partial charge < -0.3 is 5.11 Å². The van der Waals surface area contributed by atoms with Crippen molar-refractivity contribution in [1.82, 2.24) is 0 Å². The van der Waals surface area contributed by atoms with E-state index in [-0.39, 0.29) is 0 Å². The highest BCUT2D eigenvalue weighted by Gasteiger charge is 2.12. The molecule has 0 unspecified atom stereocenters. The largest absolute Gasteiger partial charge is 0.478 e. The maximum atomic E-state index is 10.7. The monoisotopic (exact) mass is 166 g/mol. The van der Waals surface area contributed by atoms with Crippen LogP contribution >= 0.6 is 0 Å². The van der Waals surface area contributed by atoms with E-state index in [0.29, 0.717) is 5.57 Å². The van der Waals surface area contributed by atoms with Crippen molar-refractivity contribution < 1.29 is 9.90 Å². The minimum atomic E-state index is -0.783. The Morgan fingerprint density at radius 3 is 3.00 bits per heavy atom. The molecule has 1 N–H and O–H groups in total. The molecule has 0 fully saturated rings. The standard InChI is InChI=1S/C10H14O2/c1-2-5-8-6-3-4-7-9(8)10(11)12/h4,7H,2-3,5-6H2,1H3,(H,11,12). The zero-order valence-electron chi connectivity index (χ0n) is 7.34. The molecular weight excluding hydrogens is 152 g/mol. The van der Waals surface area contributed by atoms with Crippen molar-refractivity contribution in [2.45, 2.75) is 32.6 Å². The van der Waals surface area contributed by atoms with Crippen LogP contribution in [0.4, 0.5) is 0 Å². The number of carboxylic acids is 1. The second kappa shape index (κ2) is 4.10. The highest BCUT2D eigenvalue weighted by Crippen LogP contribution is 2.22. The van der Waals surface area contributed by atoms with Crippen molar-refractivity contribution in [2.75, 3.05) is 0 Å². The summed E-state index contributed by atoms with van der Waals surface area (Å²) in [6, 6.07) is 0. The van der Waals surface area contributed by atoms with Crippen LogP contribution in [0, 0.1) is 0 Å². The number of aliphatic carboxylic acids is 1. The molecule has 2 nitrogen and oxygen atoms in total. The maximum Gasteiger partial charge on any atom is 0.335 e. The third-order valence-corrected chi connectivity index (χ3v) is 2.06. The molecule has 0 saturated carbocycles. The van der Waals surface area contributed by atoms with Gasteiger partial charge in [0.15, 0.2) is 0 Å². The average Bonchev–Trinajstić information content (AvgIpc) is 2.05. The van der Waals surface area contributed by atoms with Crippen LogP contribution in [-0.4, -0.2) is 11.1 Å². The SMILES string of the molecule is CCCC1=C(C(=O)O)C=CCC1. The number of allylic oxidation sites excluding steroid dienone is 2. The third-order valence-electron chi connectivity index (χ3n) is 2.06. The predicted octanol–water partition coefficient (Wildman–Crippen LogP) is 2.52. The molecule has 0 aromatic rings. The van der Waals surface area contributed by atoms with Crippen LogP contribution in [0.5, 0.6) is 0 Å². The number of hydrogen-bond acceptors (Lipinski definition) is 1. The van der Waals surface area contributed by atoms with Crippen LogP contribution in [0.25, 0.3) is 0 Å². The van der Waals surface area contributed by atoms with Crippen molar-refractivity contribution in [3.63, 3.8) is 0 Å². The lowest BCUT2D eigenvalue weighted by atomic mass is 9.94. The quantitative estimate of drug-likeness (QED) is 0.699. The Morgan fingerprint density at radius 1 is 1.67 bits per heavy atom. The summed E-state index contributed by atoms with van der Waals surface area (Å²) in [4.78, 5) is 10.7. The zero-order chi connectivity index (χ0) is 8.97. The zero-order valence-corrected chi connectivity index (χ0v) is 7.34. The molecule has 0 amide bonds. The van der Waals surface area contributed by atoms with Gasteiger partial charge in [-0.3, -0.25) is 0 Å². The Hall–Kier alpha value is -1.05. The van der Waals surface area contributed by atoms with Crippen LogP contribution in [0.1, 0.15) is 32.6 Å². The van der Waals surface area contributed by atoms with E-state index in [4.69, 9.17) is 5.11 Å². The molecule has 0 radical (unpaired) electrons. The summed E-state index contributed by atoms with van der Waals surface area (Å²) >= 11 is 0. The molecule has 0 aliphatic heterocycles. The lowest BCUT2D eigenvalue weighted by Crippen LogP contribution is -2.05. The van der Waals surface area contributed by atoms with Crippen LogP contribution in [0.3, 0.4) is 0 Å². The smallest absolute Gasteiger partial charge is 0.335 e. The first-order valence-corrected chi connectivity index (χ1v) is 4.37. The molecule has 0 aromatic heterocycles. The lowest BCUT2D eigenvalue weighted by molar-refractivity contribution is -0.132. The van der Waals surface area contributed by atoms with E-state index < -0.39 is 5.97 Å². The molecule has 0 atom stereocenters. The fraction of sp³-hybridized carbons (Fsp3) is 0.500. The van der Waals surface area contributed by atoms with Crippen molar-refractivity contribution in [3.8, 4) is 0 Å². The van der Waals surface area contributed by atoms with Crippen LogP contribution in [0.2, 0.25) is 0 Å². The molecule has 1 rings (SSSR count). The normalized spacial score (nSPS) is 16.8. The third kappa shape index (κ3) is 1.97. The summed E-state index contributed by atoms with van der Waals surface area (Å²) in [5, 5.41) is 8.83. The van der Waals surface area contributed by atoms with E-state index >= 15 is 0 Å². The highest BCUT2D eigenvalue weighted by atomic mass is 16.4. The fourth-order valence-electron chi connectivity index (χ4n) is 1.50. The van der Waals surface area contributed by atoms with Gasteiger partial charge in [0, 0.05) is 0 Å². The number of rotatable bonds is 3. The Balaban J connectivity index is 2.84. The van der Waals surface area contributed by atoms with Gasteiger partial charge >= 0.3 is 5.97 Å². The first-order valence-electron chi connectivity index (χ1n) is 4.37. The van der Waals surface area contributed by atoms with Crippen LogP contribution in [0.15, 0.2) is 23.3 Å². The van der Waals surface area contributed by atoms with Gasteiger partial charge in [-0.15, -0.1) is 0 Å². The summed E-state index contributed by atoms with van der Waals surface area (Å²) in [6.07, 6.45) is 7.53. The van der Waals surface area contributed by atoms with Gasteiger partial charge in [0.25, 0.3) is 0 Å². The molecule has 2 heteroatoms. The molecule has 12 heavy (non-hydrogen) atoms. The van der Waals surface area contributed by atoms with Gasteiger partial charge in [0.2, 0.25) is 0 Å². The van der Waals surface area contributed by atoms with Crippen molar-refractivity contribution in [2.24, 2.45) is 0 Å². The number of hydrogen-bond donors (Lipinski definition) is 1. The molecule has 66 valence electrons. The van der Waals surface area contributed by atoms with E-state index in [2.05, 4.69) is 6.92 Å². The van der Waals surface area contributed by atoms with E-state index in [1.165, 1.54) is 0 Å². The second-order valence-corrected chi connectivity index (χ2v) is 3.01. The molecule has 1 aliphatic rings. The highest BCUT2D eigenvalue weighted by molar-refractivity contribution is 5.91. The van der Waals surface area contributed by atoms with Crippen LogP contribution in [-0.2, 0) is 4.79 Å². The summed E-state index contributed by atoms with van der Waals surface area (Å²) in [5.41, 5.74) is 1.62. The van der Waals surface area contributed by atoms with Gasteiger partial charge in [-0.25, -0.2) is 4.79 Å². The van der Waals surface area contributed by atoms with Crippen LogP contribution < -0.4 is 0 Å². The second-order valence-electron chi connectivity index (χ2n) is 3.01. The maximum absolute atomic E-state index is 10.7. The predicted molar refractivity (Wildman–Crippen MR) is 47.9 cm³/mol.